The van der Waals surface area contributed by atoms with Gasteiger partial charge in [-0.3, -0.25) is 19.2 Å². The quantitative estimate of drug-likeness (QED) is 0.344. The predicted octanol–water partition coefficient (Wildman–Crippen LogP) is -0.747. The van der Waals surface area contributed by atoms with Crippen LogP contribution in [0.25, 0.3) is 0 Å². The number of nitrogens with one attached hydrogen (secondary N) is 2. The number of hydrogen-bond acceptors (Lipinski definition) is 6. The van der Waals surface area contributed by atoms with E-state index >= 15 is 0 Å². The number of carboxylic acids is 2. The summed E-state index contributed by atoms with van der Waals surface area (Å²) in [4.78, 5) is 44.2. The van der Waals surface area contributed by atoms with Gasteiger partial charge in [0.2, 0.25) is 11.8 Å². The number of hydrogen-bond donors (Lipinski definition) is 5. The number of carbonyl (C=O) groups is 4. The van der Waals surface area contributed by atoms with Crippen LogP contribution in [-0.4, -0.2) is 64.6 Å². The fourth-order valence-electron chi connectivity index (χ4n) is 1.31. The monoisotopic (exact) mass is 351 g/mol. The fourth-order valence-corrected chi connectivity index (χ4v) is 1.88. The molecule has 0 saturated heterocycles. The Morgan fingerprint density at radius 3 is 2.17 bits per heavy atom. The molecule has 10 heteroatoms. The van der Waals surface area contributed by atoms with Crippen LogP contribution in [0.5, 0.6) is 0 Å². The zero-order chi connectivity index (χ0) is 18.4. The zero-order valence-corrected chi connectivity index (χ0v) is 14.3. The van der Waals surface area contributed by atoms with Gasteiger partial charge < -0.3 is 26.6 Å². The molecule has 0 saturated carbocycles. The third-order valence-corrected chi connectivity index (χ3v) is 3.07. The van der Waals surface area contributed by atoms with Crippen LogP contribution >= 0.6 is 11.8 Å². The lowest BCUT2D eigenvalue weighted by Crippen LogP contribution is -2.49. The van der Waals surface area contributed by atoms with Gasteiger partial charge in [-0.25, -0.2) is 0 Å². The molecule has 6 N–H and O–H groups in total. The summed E-state index contributed by atoms with van der Waals surface area (Å²) >= 11 is 1.30. The number of amides is 2. The molecule has 9 nitrogen and oxygen atoms in total. The fraction of sp³-hybridized carbons (Fsp3) is 0.692. The van der Waals surface area contributed by atoms with E-state index in [0.717, 1.165) is 0 Å². The highest BCUT2D eigenvalue weighted by molar-refractivity contribution is 7.98. The Balaban J connectivity index is 0. The van der Waals surface area contributed by atoms with Gasteiger partial charge in [-0.1, -0.05) is 13.8 Å². The number of carboxylic acid groups (broad SMARTS) is 2. The molecule has 0 fully saturated rings. The summed E-state index contributed by atoms with van der Waals surface area (Å²) in [6, 6.07) is -2.02. The summed E-state index contributed by atoms with van der Waals surface area (Å²) in [6.45, 7) is 3.46. The largest absolute Gasteiger partial charge is 0.480 e. The van der Waals surface area contributed by atoms with E-state index in [1.807, 2.05) is 13.8 Å². The molecular weight excluding hydrogens is 326 g/mol. The third kappa shape index (κ3) is 12.4. The van der Waals surface area contributed by atoms with Crippen LogP contribution in [0.4, 0.5) is 0 Å². The molecule has 2 unspecified atom stereocenters. The maximum absolute atomic E-state index is 11.7. The van der Waals surface area contributed by atoms with Gasteiger partial charge in [-0.2, -0.15) is 11.8 Å². The van der Waals surface area contributed by atoms with E-state index in [2.05, 4.69) is 10.6 Å². The lowest BCUT2D eigenvalue weighted by Gasteiger charge is -2.17. The SMILES string of the molecule is CC.CSCC(NC(=O)CCC(N)C(=O)O)C(=O)NCC(=O)O. The van der Waals surface area contributed by atoms with Crippen molar-refractivity contribution in [1.82, 2.24) is 10.6 Å². The van der Waals surface area contributed by atoms with Gasteiger partial charge in [-0.15, -0.1) is 0 Å². The van der Waals surface area contributed by atoms with E-state index in [4.69, 9.17) is 15.9 Å². The van der Waals surface area contributed by atoms with Crippen LogP contribution in [0.3, 0.4) is 0 Å². The molecule has 0 radical (unpaired) electrons. The van der Waals surface area contributed by atoms with Crippen LogP contribution < -0.4 is 16.4 Å². The Hall–Kier alpha value is -1.81. The molecule has 0 aliphatic rings. The van der Waals surface area contributed by atoms with Crippen molar-refractivity contribution in [2.24, 2.45) is 5.73 Å². The molecule has 0 heterocycles. The first kappa shape index (κ1) is 23.5. The van der Waals surface area contributed by atoms with Gasteiger partial charge in [0.15, 0.2) is 0 Å². The van der Waals surface area contributed by atoms with E-state index in [-0.39, 0.29) is 18.6 Å². The van der Waals surface area contributed by atoms with Crippen LogP contribution in [0.2, 0.25) is 0 Å². The molecule has 0 aliphatic heterocycles. The maximum Gasteiger partial charge on any atom is 0.322 e. The van der Waals surface area contributed by atoms with Crippen molar-refractivity contribution in [3.8, 4) is 0 Å². The molecule has 23 heavy (non-hydrogen) atoms. The first-order valence-corrected chi connectivity index (χ1v) is 8.43. The molecule has 0 bridgehead atoms. The minimum atomic E-state index is -1.21. The topological polar surface area (TPSA) is 159 Å². The summed E-state index contributed by atoms with van der Waals surface area (Å²) in [5.41, 5.74) is 5.27. The predicted molar refractivity (Wildman–Crippen MR) is 87.2 cm³/mol. The Kier molecular flexibility index (Phi) is 14.1. The van der Waals surface area contributed by atoms with Crippen LogP contribution in [0, 0.1) is 0 Å². The minimum absolute atomic E-state index is 0.0517. The smallest absolute Gasteiger partial charge is 0.322 e. The molecule has 0 aromatic heterocycles. The molecule has 0 aliphatic carbocycles. The molecule has 134 valence electrons. The van der Waals surface area contributed by atoms with Crippen molar-refractivity contribution in [3.05, 3.63) is 0 Å². The first-order chi connectivity index (χ1) is 10.8. The average Bonchev–Trinajstić information content (AvgIpc) is 2.51. The summed E-state index contributed by atoms with van der Waals surface area (Å²) in [5.74, 6) is -3.26. The lowest BCUT2D eigenvalue weighted by molar-refractivity contribution is -0.139. The van der Waals surface area contributed by atoms with Crippen molar-refractivity contribution < 1.29 is 29.4 Å². The number of nitrogens with two attached hydrogens (primary N) is 1. The van der Waals surface area contributed by atoms with Crippen LogP contribution in [-0.2, 0) is 19.2 Å². The molecule has 2 atom stereocenters. The van der Waals surface area contributed by atoms with Crippen molar-refractivity contribution in [2.45, 2.75) is 38.8 Å². The molecule has 2 amide bonds. The van der Waals surface area contributed by atoms with Crippen molar-refractivity contribution in [1.29, 1.82) is 0 Å². The third-order valence-electron chi connectivity index (χ3n) is 2.40. The van der Waals surface area contributed by atoms with Crippen molar-refractivity contribution in [2.75, 3.05) is 18.6 Å². The number of carbonyl (C=O) groups excluding carboxylic acids is 2. The highest BCUT2D eigenvalue weighted by Gasteiger charge is 2.21. The van der Waals surface area contributed by atoms with Gasteiger partial charge in [0.25, 0.3) is 0 Å². The molecule has 0 spiro atoms. The van der Waals surface area contributed by atoms with E-state index in [0.29, 0.717) is 0 Å². The van der Waals surface area contributed by atoms with Gasteiger partial charge >= 0.3 is 11.9 Å². The van der Waals surface area contributed by atoms with E-state index in [1.54, 1.807) is 6.26 Å². The maximum atomic E-state index is 11.7. The summed E-state index contributed by atoms with van der Waals surface area (Å²) in [5, 5.41) is 21.7. The van der Waals surface area contributed by atoms with Crippen molar-refractivity contribution >= 4 is 35.5 Å². The average molecular weight is 351 g/mol. The molecular formula is C13H25N3O6S. The Morgan fingerprint density at radius 2 is 1.74 bits per heavy atom. The highest BCUT2D eigenvalue weighted by atomic mass is 32.2. The van der Waals surface area contributed by atoms with Gasteiger partial charge in [0.1, 0.15) is 18.6 Å². The van der Waals surface area contributed by atoms with Gasteiger partial charge in [0, 0.05) is 12.2 Å². The highest BCUT2D eigenvalue weighted by Crippen LogP contribution is 2.00. The molecule has 0 rings (SSSR count). The zero-order valence-electron chi connectivity index (χ0n) is 13.5. The first-order valence-electron chi connectivity index (χ1n) is 7.04. The Bertz CT molecular complexity index is 405. The van der Waals surface area contributed by atoms with Crippen molar-refractivity contribution in [3.63, 3.8) is 0 Å². The van der Waals surface area contributed by atoms with Crippen LogP contribution in [0.15, 0.2) is 0 Å². The molecule has 0 aromatic carbocycles. The second kappa shape index (κ2) is 13.8. The summed E-state index contributed by atoms with van der Waals surface area (Å²) < 4.78 is 0. The second-order valence-corrected chi connectivity index (χ2v) is 5.08. The van der Waals surface area contributed by atoms with Gasteiger partial charge in [0.05, 0.1) is 0 Å². The second-order valence-electron chi connectivity index (χ2n) is 4.17. The van der Waals surface area contributed by atoms with Gasteiger partial charge in [-0.05, 0) is 12.7 Å². The van der Waals surface area contributed by atoms with E-state index in [9.17, 15) is 19.2 Å². The number of rotatable bonds is 10. The normalized spacial score (nSPS) is 12.2. The Morgan fingerprint density at radius 1 is 1.17 bits per heavy atom. The van der Waals surface area contributed by atoms with E-state index in [1.165, 1.54) is 11.8 Å². The number of thioether (sulfide) groups is 1. The minimum Gasteiger partial charge on any atom is -0.480 e. The lowest BCUT2D eigenvalue weighted by atomic mass is 10.1. The summed E-state index contributed by atoms with van der Waals surface area (Å²) in [6.07, 6.45) is 1.54. The van der Waals surface area contributed by atoms with Crippen LogP contribution in [0.1, 0.15) is 26.7 Å². The number of aliphatic carboxylic acids is 2. The Labute approximate surface area is 139 Å². The standard InChI is InChI=1S/C11H19N3O6S.C2H6/c1-21-5-7(10(18)13-4-9(16)17)14-8(15)3-2-6(12)11(19)20;1-2/h6-7H,2-5,12H2,1H3,(H,13,18)(H,14,15)(H,16,17)(H,19,20);1-2H3. The summed E-state index contributed by atoms with van der Waals surface area (Å²) in [7, 11) is 0. The molecule has 0 aromatic rings. The van der Waals surface area contributed by atoms with E-state index < -0.39 is 42.4 Å².